The summed E-state index contributed by atoms with van der Waals surface area (Å²) in [7, 11) is 0. The molecular weight excluding hydrogens is 1220 g/mol. The van der Waals surface area contributed by atoms with Crippen LogP contribution < -0.4 is 44.0 Å². The Balaban J connectivity index is 0.000000118. The Hall–Kier alpha value is -6.05. The lowest BCUT2D eigenvalue weighted by molar-refractivity contribution is -0.253. The smallest absolute Gasteiger partial charge is 0.330 e. The van der Waals surface area contributed by atoms with Gasteiger partial charge in [-0.05, 0) is 58.3 Å². The predicted molar refractivity (Wildman–Crippen MR) is 302 cm³/mol. The van der Waals surface area contributed by atoms with E-state index < -0.39 is 173 Å². The molecule has 0 amide bonds. The number of aromatic nitrogens is 8. The van der Waals surface area contributed by atoms with Crippen molar-refractivity contribution in [2.75, 3.05) is 39.8 Å². The van der Waals surface area contributed by atoms with E-state index in [1.807, 2.05) is 4.98 Å². The van der Waals surface area contributed by atoms with Crippen molar-refractivity contribution in [2.45, 2.75) is 224 Å². The molecule has 30 nitrogen and oxygen atoms in total. The maximum Gasteiger partial charge on any atom is 0.330 e. The highest BCUT2D eigenvalue weighted by atomic mass is 19.1. The van der Waals surface area contributed by atoms with Crippen LogP contribution in [0.1, 0.15) is 136 Å². The van der Waals surface area contributed by atoms with Crippen molar-refractivity contribution >= 4 is 0 Å². The Kier molecular flexibility index (Phi) is 17.4. The molecule has 91 heavy (non-hydrogen) atoms. The molecule has 3 aliphatic carbocycles. The molecule has 4 aromatic heterocycles. The van der Waals surface area contributed by atoms with Crippen molar-refractivity contribution in [1.29, 1.82) is 0 Å². The van der Waals surface area contributed by atoms with Crippen LogP contribution >= 0.6 is 0 Å². The van der Waals surface area contributed by atoms with Crippen LogP contribution in [0.5, 0.6) is 6.01 Å². The molecule has 33 heteroatoms. The van der Waals surface area contributed by atoms with Crippen LogP contribution in [0.25, 0.3) is 0 Å². The summed E-state index contributed by atoms with van der Waals surface area (Å²) < 4.78 is 112. The van der Waals surface area contributed by atoms with Crippen molar-refractivity contribution in [3.63, 3.8) is 0 Å². The molecule has 3 saturated carbocycles. The van der Waals surface area contributed by atoms with E-state index in [-0.39, 0.29) is 24.8 Å². The second kappa shape index (κ2) is 24.4. The maximum absolute atomic E-state index is 13.9. The lowest BCUT2D eigenvalue weighted by atomic mass is 9.88. The van der Waals surface area contributed by atoms with Gasteiger partial charge in [-0.1, -0.05) is 13.8 Å². The summed E-state index contributed by atoms with van der Waals surface area (Å²) in [4.78, 5) is 91.4. The van der Waals surface area contributed by atoms with E-state index in [0.29, 0.717) is 12.8 Å². The van der Waals surface area contributed by atoms with Gasteiger partial charge in [0.15, 0.2) is 59.1 Å². The minimum absolute atomic E-state index is 0.0585. The summed E-state index contributed by atoms with van der Waals surface area (Å²) in [5, 5.41) is 38.5. The Morgan fingerprint density at radius 2 is 1.01 bits per heavy atom. The van der Waals surface area contributed by atoms with Crippen LogP contribution in [0.15, 0.2) is 82.6 Å². The van der Waals surface area contributed by atoms with E-state index in [1.165, 1.54) is 35.2 Å². The topological polar surface area (TPSA) is 382 Å². The molecule has 10 fully saturated rings. The summed E-state index contributed by atoms with van der Waals surface area (Å²) in [6.45, 7) is 1.32. The van der Waals surface area contributed by atoms with Crippen LogP contribution in [0.2, 0.25) is 0 Å². The zero-order valence-electron chi connectivity index (χ0n) is 50.1. The van der Waals surface area contributed by atoms with Crippen LogP contribution in [-0.4, -0.2) is 187 Å². The molecule has 11 aliphatic rings. The van der Waals surface area contributed by atoms with E-state index in [4.69, 9.17) is 57.2 Å². The third-order valence-electron chi connectivity index (χ3n) is 19.8. The molecular formula is C58H75F3N8O22. The number of alkyl halides is 3. The number of rotatable bonds is 10. The molecule has 15 rings (SSSR count). The zero-order valence-corrected chi connectivity index (χ0v) is 50.1. The first-order valence-electron chi connectivity index (χ1n) is 30.7. The molecule has 15 atom stereocenters. The Bertz CT molecular complexity index is 3730. The first kappa shape index (κ1) is 65.0. The van der Waals surface area contributed by atoms with Crippen LogP contribution in [-0.2, 0) is 47.4 Å². The molecule has 500 valence electrons. The third kappa shape index (κ3) is 10.9. The molecule has 0 aromatic carbocycles. The fraction of sp³-hybridized carbons (Fsp3) is 0.724. The normalized spacial score (nSPS) is 36.8. The third-order valence-corrected chi connectivity index (χ3v) is 19.8. The van der Waals surface area contributed by atoms with Gasteiger partial charge in [0.05, 0.1) is 18.8 Å². The van der Waals surface area contributed by atoms with Gasteiger partial charge in [-0.2, -0.15) is 4.98 Å². The Morgan fingerprint density at radius 3 is 1.51 bits per heavy atom. The molecule has 0 radical (unpaired) electrons. The number of nitrogens with one attached hydrogen (secondary N) is 3. The van der Waals surface area contributed by atoms with E-state index in [1.54, 1.807) is 17.7 Å². The number of aromatic amines is 3. The Labute approximate surface area is 514 Å². The average molecular weight is 1290 g/mol. The number of fused-ring (bicyclic) bond motifs is 9. The van der Waals surface area contributed by atoms with E-state index in [2.05, 4.69) is 28.8 Å². The van der Waals surface area contributed by atoms with Crippen molar-refractivity contribution in [3.05, 3.63) is 122 Å². The van der Waals surface area contributed by atoms with Gasteiger partial charge < -0.3 is 72.5 Å². The number of nitrogens with zero attached hydrogens (tertiary/aromatic N) is 5. The van der Waals surface area contributed by atoms with Crippen molar-refractivity contribution < 1.29 is 85.7 Å². The SMILES string of the molecule is CCC1(CC)O[C@@H](n2ccc(=O)[nH]c2=O)[C@@H]2OC3(CCCC3)O[C@@H]21.C[C@@]12OC3(CCCC3)O[C@@H]1[C@](CO)(CF)O[C@H]2n1ccc(=O)[nH]c1=O.O=c1ccn([C@@H]2O[C@@](CO)(CF)[C@@H](O)[C@H]2O)c(=O)[nH]1.O=c1ccn2c(n1)OC[C@@]1(CF)O[C@@H]2[C@@H]2OC3(CCCC3)O[C@@H]21. The average Bonchev–Trinajstić information content (AvgIpc) is 1.56. The number of ether oxygens (including phenoxy) is 11. The van der Waals surface area contributed by atoms with E-state index in [9.17, 15) is 62.1 Å². The number of H-pyrrole nitrogens is 3. The fourth-order valence-corrected chi connectivity index (χ4v) is 14.9. The molecule has 7 saturated heterocycles. The predicted octanol–water partition coefficient (Wildman–Crippen LogP) is 0.304. The van der Waals surface area contributed by atoms with Gasteiger partial charge in [0.25, 0.3) is 22.2 Å². The van der Waals surface area contributed by atoms with Gasteiger partial charge in [-0.3, -0.25) is 52.4 Å². The first-order chi connectivity index (χ1) is 43.5. The number of aliphatic hydroxyl groups excluding tert-OH is 4. The zero-order chi connectivity index (χ0) is 64.7. The lowest BCUT2D eigenvalue weighted by Crippen LogP contribution is -2.51. The highest BCUT2D eigenvalue weighted by Crippen LogP contribution is 2.59. The molecule has 2 bridgehead atoms. The second-order valence-corrected chi connectivity index (χ2v) is 25.3. The van der Waals surface area contributed by atoms with Crippen molar-refractivity contribution in [1.82, 2.24) is 38.2 Å². The van der Waals surface area contributed by atoms with Gasteiger partial charge in [-0.15, -0.1) is 0 Å². The monoisotopic (exact) mass is 1290 g/mol. The quantitative estimate of drug-likeness (QED) is 0.112. The van der Waals surface area contributed by atoms with Gasteiger partial charge >= 0.3 is 23.1 Å². The van der Waals surface area contributed by atoms with Gasteiger partial charge in [0.2, 0.25) is 0 Å². The fourth-order valence-electron chi connectivity index (χ4n) is 14.9. The largest absolute Gasteiger partial charge is 0.461 e. The van der Waals surface area contributed by atoms with Crippen LogP contribution in [0.4, 0.5) is 13.2 Å². The highest BCUT2D eigenvalue weighted by Gasteiger charge is 2.73. The van der Waals surface area contributed by atoms with Crippen LogP contribution in [0, 0.1) is 0 Å². The number of halogens is 3. The minimum atomic E-state index is -1.99. The number of hydrogen-bond donors (Lipinski definition) is 7. The second-order valence-electron chi connectivity index (χ2n) is 25.3. The van der Waals surface area contributed by atoms with Gasteiger partial charge in [0.1, 0.15) is 75.0 Å². The first-order valence-corrected chi connectivity index (χ1v) is 30.7. The maximum atomic E-state index is 13.9. The molecule has 7 N–H and O–H groups in total. The summed E-state index contributed by atoms with van der Waals surface area (Å²) in [5.74, 6) is -2.00. The summed E-state index contributed by atoms with van der Waals surface area (Å²) in [6.07, 6.45) is 8.42. The van der Waals surface area contributed by atoms with Gasteiger partial charge in [0, 0.05) is 87.6 Å². The molecule has 3 spiro atoms. The molecule has 12 heterocycles. The molecule has 8 aliphatic heterocycles. The summed E-state index contributed by atoms with van der Waals surface area (Å²) >= 11 is 0. The standard InChI is InChI=1S/C17H24N2O5.C16H21FN2O6.C15H17FN2O5.C10H13FN2O6/c1-3-16(4-2)13-12(22-17(23-13)8-5-6-9-17)14(24-16)19-10-7-11(20)18-15(19)21;1-14-11(23-16(25-14)5-2-3-6-16)15(8-17,9-20)24-12(14)19-7-4-10(21)18-13(19)22;16-7-14-8-20-13-17-9(19)3-6-18(13)12(23-14)10-11(14)22-15(21-10)4-1-2-5-15;11-3-10(4-14)7(17)6(16)8(19-10)13-2-1-5(15)12-9(13)18/h7,10,12-14H,3-6,8-9H2,1-2H3,(H,18,20,21);4,7,11-12,20H,2-3,5-6,8-9H2,1H3,(H,18,21,22);3,6,10-12H,1-2,4-5,7-8H2;1-2,6-8,14,16-17H,3-4H2,(H,12,15,18)/t12-,13+,14-;11-,12+,14+,15+;10-,11+,12-,14-;6-,7+,8-,10-/m1011/s1. The molecule has 0 unspecified atom stereocenters. The van der Waals surface area contributed by atoms with E-state index >= 15 is 0 Å². The van der Waals surface area contributed by atoms with Crippen molar-refractivity contribution in [2.24, 2.45) is 0 Å². The molecule has 4 aromatic rings. The Morgan fingerprint density at radius 1 is 0.538 bits per heavy atom. The number of hydrogen-bond acceptors (Lipinski definition) is 23. The van der Waals surface area contributed by atoms with E-state index in [0.717, 1.165) is 98.4 Å². The summed E-state index contributed by atoms with van der Waals surface area (Å²) in [5.41, 5.74) is -10.6. The summed E-state index contributed by atoms with van der Waals surface area (Å²) in [6, 6.07) is 4.98. The van der Waals surface area contributed by atoms with Crippen molar-refractivity contribution in [3.8, 4) is 6.01 Å². The number of aliphatic hydroxyl groups is 4. The lowest BCUT2D eigenvalue weighted by Gasteiger charge is -2.34. The van der Waals surface area contributed by atoms with Crippen LogP contribution in [0.3, 0.4) is 0 Å². The van der Waals surface area contributed by atoms with Gasteiger partial charge in [-0.25, -0.2) is 27.6 Å². The highest BCUT2D eigenvalue weighted by molar-refractivity contribution is 5.17. The minimum Gasteiger partial charge on any atom is -0.461 e.